The fraction of sp³-hybridized carbons (Fsp3) is 0.154. The molecule has 0 aliphatic carbocycles. The summed E-state index contributed by atoms with van der Waals surface area (Å²) in [5.74, 6) is -0.483. The molecule has 1 aromatic heterocycles. The molecule has 1 amide bonds. The molecule has 0 aliphatic rings. The molecule has 2 rings (SSSR count). The van der Waals surface area contributed by atoms with Gasteiger partial charge in [0.2, 0.25) is 5.91 Å². The van der Waals surface area contributed by atoms with E-state index in [-0.39, 0.29) is 0 Å². The van der Waals surface area contributed by atoms with Gasteiger partial charge in [-0.1, -0.05) is 0 Å². The number of primary amides is 1. The van der Waals surface area contributed by atoms with Crippen LogP contribution < -0.4 is 11.5 Å². The van der Waals surface area contributed by atoms with Gasteiger partial charge in [-0.2, -0.15) is 0 Å². The van der Waals surface area contributed by atoms with Gasteiger partial charge >= 0.3 is 0 Å². The molecular weight excluding hydrogens is 260 g/mol. The van der Waals surface area contributed by atoms with Crippen LogP contribution in [0.4, 0.5) is 5.69 Å². The first kappa shape index (κ1) is 13.4. The number of amides is 1. The lowest BCUT2D eigenvalue weighted by Crippen LogP contribution is -2.11. The van der Waals surface area contributed by atoms with Crippen molar-refractivity contribution in [3.05, 3.63) is 41.2 Å². The van der Waals surface area contributed by atoms with E-state index in [1.54, 1.807) is 18.2 Å². The van der Waals surface area contributed by atoms with Crippen LogP contribution in [0.15, 0.2) is 34.3 Å². The zero-order valence-electron chi connectivity index (χ0n) is 10.7. The highest BCUT2D eigenvalue weighted by Crippen LogP contribution is 2.30. The summed E-state index contributed by atoms with van der Waals surface area (Å²) in [6.45, 7) is 3.81. The Kier molecular flexibility index (Phi) is 3.71. The monoisotopic (exact) mass is 274 g/mol. The number of rotatable bonds is 3. The third-order valence-corrected chi connectivity index (χ3v) is 3.40. The Morgan fingerprint density at radius 2 is 1.79 bits per heavy atom. The third-order valence-electron chi connectivity index (χ3n) is 2.46. The maximum atomic E-state index is 11.2. The average Bonchev–Trinajstić information content (AvgIpc) is 2.30. The number of carbonyl (C=O) groups excluding carboxylic acids is 1. The van der Waals surface area contributed by atoms with Crippen LogP contribution in [0, 0.1) is 13.8 Å². The highest BCUT2D eigenvalue weighted by Gasteiger charge is 2.09. The van der Waals surface area contributed by atoms with Crippen LogP contribution >= 0.6 is 11.8 Å². The second-order valence-corrected chi connectivity index (χ2v) is 5.16. The summed E-state index contributed by atoms with van der Waals surface area (Å²) >= 11 is 1.32. The SMILES string of the molecule is Cc1cc(C)nc(Sc2cc(C(N)=O)ccc2N)n1. The van der Waals surface area contributed by atoms with Crippen LogP contribution in [0.25, 0.3) is 0 Å². The lowest BCUT2D eigenvalue weighted by molar-refractivity contribution is 0.1000. The molecule has 6 heteroatoms. The van der Waals surface area contributed by atoms with Crippen molar-refractivity contribution >= 4 is 23.4 Å². The lowest BCUT2D eigenvalue weighted by atomic mass is 10.2. The van der Waals surface area contributed by atoms with Crippen molar-refractivity contribution < 1.29 is 4.79 Å². The third kappa shape index (κ3) is 3.23. The van der Waals surface area contributed by atoms with Gasteiger partial charge in [0.25, 0.3) is 0 Å². The first-order valence-electron chi connectivity index (χ1n) is 5.65. The molecule has 1 heterocycles. The fourth-order valence-corrected chi connectivity index (χ4v) is 2.56. The molecule has 0 aliphatic heterocycles. The Hall–Kier alpha value is -2.08. The standard InChI is InChI=1S/C13H14N4OS/c1-7-5-8(2)17-13(16-7)19-11-6-9(12(15)18)3-4-10(11)14/h3-6H,14H2,1-2H3,(H2,15,18). The number of carbonyl (C=O) groups is 1. The van der Waals surface area contributed by atoms with Gasteiger partial charge < -0.3 is 11.5 Å². The van der Waals surface area contributed by atoms with Crippen molar-refractivity contribution in [1.82, 2.24) is 9.97 Å². The van der Waals surface area contributed by atoms with Crippen LogP contribution in [0.3, 0.4) is 0 Å². The van der Waals surface area contributed by atoms with E-state index in [1.807, 2.05) is 19.9 Å². The number of hydrogen-bond donors (Lipinski definition) is 2. The van der Waals surface area contributed by atoms with Gasteiger partial charge in [-0.3, -0.25) is 4.79 Å². The van der Waals surface area contributed by atoms with Crippen molar-refractivity contribution in [1.29, 1.82) is 0 Å². The van der Waals surface area contributed by atoms with E-state index in [0.717, 1.165) is 16.3 Å². The van der Waals surface area contributed by atoms with E-state index in [4.69, 9.17) is 11.5 Å². The predicted molar refractivity (Wildman–Crippen MR) is 75.0 cm³/mol. The van der Waals surface area contributed by atoms with E-state index in [9.17, 15) is 4.79 Å². The van der Waals surface area contributed by atoms with Crippen molar-refractivity contribution in [2.45, 2.75) is 23.9 Å². The molecule has 0 atom stereocenters. The summed E-state index contributed by atoms with van der Waals surface area (Å²) < 4.78 is 0. The van der Waals surface area contributed by atoms with Gasteiger partial charge in [-0.25, -0.2) is 9.97 Å². The minimum Gasteiger partial charge on any atom is -0.398 e. The van der Waals surface area contributed by atoms with Crippen molar-refractivity contribution in [2.24, 2.45) is 5.73 Å². The number of nitrogen functional groups attached to an aromatic ring is 1. The largest absolute Gasteiger partial charge is 0.398 e. The minimum absolute atomic E-state index is 0.418. The Morgan fingerprint density at radius 1 is 1.16 bits per heavy atom. The average molecular weight is 274 g/mol. The first-order valence-corrected chi connectivity index (χ1v) is 6.47. The maximum Gasteiger partial charge on any atom is 0.248 e. The number of hydrogen-bond acceptors (Lipinski definition) is 5. The van der Waals surface area contributed by atoms with Gasteiger partial charge in [0, 0.05) is 27.5 Å². The Balaban J connectivity index is 2.37. The maximum absolute atomic E-state index is 11.2. The summed E-state index contributed by atoms with van der Waals surface area (Å²) in [7, 11) is 0. The van der Waals surface area contributed by atoms with Crippen LogP contribution in [-0.4, -0.2) is 15.9 Å². The molecule has 0 radical (unpaired) electrons. The van der Waals surface area contributed by atoms with Gasteiger partial charge in [0.05, 0.1) is 0 Å². The van der Waals surface area contributed by atoms with E-state index in [1.165, 1.54) is 11.8 Å². The van der Waals surface area contributed by atoms with Gasteiger partial charge in [0.15, 0.2) is 5.16 Å². The molecule has 0 fully saturated rings. The summed E-state index contributed by atoms with van der Waals surface area (Å²) in [6.07, 6.45) is 0. The number of nitrogens with zero attached hydrogens (tertiary/aromatic N) is 2. The van der Waals surface area contributed by atoms with E-state index < -0.39 is 5.91 Å². The summed E-state index contributed by atoms with van der Waals surface area (Å²) in [6, 6.07) is 6.81. The molecule has 0 unspecified atom stereocenters. The summed E-state index contributed by atoms with van der Waals surface area (Å²) in [4.78, 5) is 20.5. The number of nitrogens with two attached hydrogens (primary N) is 2. The van der Waals surface area contributed by atoms with Crippen LogP contribution in [0.5, 0.6) is 0 Å². The Morgan fingerprint density at radius 3 is 2.37 bits per heavy atom. The molecule has 1 aromatic carbocycles. The molecule has 4 N–H and O–H groups in total. The van der Waals surface area contributed by atoms with Crippen molar-refractivity contribution in [2.75, 3.05) is 5.73 Å². The molecule has 98 valence electrons. The molecule has 2 aromatic rings. The second-order valence-electron chi connectivity index (χ2n) is 4.15. The topological polar surface area (TPSA) is 94.9 Å². The molecule has 0 bridgehead atoms. The predicted octanol–water partition coefficient (Wildman–Crippen LogP) is 1.93. The van der Waals surface area contributed by atoms with Crippen molar-refractivity contribution in [3.8, 4) is 0 Å². The number of aromatic nitrogens is 2. The quantitative estimate of drug-likeness (QED) is 0.658. The zero-order chi connectivity index (χ0) is 14.0. The first-order chi connectivity index (χ1) is 8.95. The molecule has 0 saturated carbocycles. The smallest absolute Gasteiger partial charge is 0.248 e. The zero-order valence-corrected chi connectivity index (χ0v) is 11.5. The molecule has 19 heavy (non-hydrogen) atoms. The highest BCUT2D eigenvalue weighted by molar-refractivity contribution is 7.99. The van der Waals surface area contributed by atoms with Gasteiger partial charge in [-0.05, 0) is 49.9 Å². The Labute approximate surface area is 115 Å². The van der Waals surface area contributed by atoms with Crippen LogP contribution in [-0.2, 0) is 0 Å². The number of benzene rings is 1. The van der Waals surface area contributed by atoms with Crippen LogP contribution in [0.1, 0.15) is 21.7 Å². The normalized spacial score (nSPS) is 10.4. The van der Waals surface area contributed by atoms with Gasteiger partial charge in [-0.15, -0.1) is 0 Å². The highest BCUT2D eigenvalue weighted by atomic mass is 32.2. The molecule has 5 nitrogen and oxygen atoms in total. The second kappa shape index (κ2) is 5.27. The van der Waals surface area contributed by atoms with E-state index in [0.29, 0.717) is 16.4 Å². The molecule has 0 spiro atoms. The minimum atomic E-state index is -0.483. The van der Waals surface area contributed by atoms with Crippen LogP contribution in [0.2, 0.25) is 0 Å². The van der Waals surface area contributed by atoms with Gasteiger partial charge in [0.1, 0.15) is 0 Å². The van der Waals surface area contributed by atoms with E-state index in [2.05, 4.69) is 9.97 Å². The summed E-state index contributed by atoms with van der Waals surface area (Å²) in [5, 5.41) is 0.603. The number of anilines is 1. The number of aryl methyl sites for hydroxylation is 2. The summed E-state index contributed by atoms with van der Waals surface area (Å²) in [5.41, 5.74) is 13.9. The molecular formula is C13H14N4OS. The van der Waals surface area contributed by atoms with Crippen molar-refractivity contribution in [3.63, 3.8) is 0 Å². The fourth-order valence-electron chi connectivity index (χ4n) is 1.61. The Bertz CT molecular complexity index is 622. The lowest BCUT2D eigenvalue weighted by Gasteiger charge is -2.07. The van der Waals surface area contributed by atoms with E-state index >= 15 is 0 Å². The molecule has 0 saturated heterocycles.